The molecule has 0 bridgehead atoms. The fourth-order valence-corrected chi connectivity index (χ4v) is 4.82. The van der Waals surface area contributed by atoms with Crippen LogP contribution in [0, 0.1) is 15.9 Å². The third-order valence-electron chi connectivity index (χ3n) is 5.74. The Morgan fingerprint density at radius 1 is 0.946 bits per heavy atom. The topological polar surface area (TPSA) is 103 Å². The first-order valence-corrected chi connectivity index (χ1v) is 12.3. The Morgan fingerprint density at radius 3 is 2.43 bits per heavy atom. The largest absolute Gasteiger partial charge is 0.345 e. The molecule has 184 valence electrons. The first kappa shape index (κ1) is 24.1. The van der Waals surface area contributed by atoms with Crippen molar-refractivity contribution in [1.82, 2.24) is 20.1 Å². The van der Waals surface area contributed by atoms with Gasteiger partial charge in [0.1, 0.15) is 5.82 Å². The van der Waals surface area contributed by atoms with Gasteiger partial charge in [-0.3, -0.25) is 19.5 Å². The molecule has 0 unspecified atom stereocenters. The molecule has 0 aliphatic carbocycles. The van der Waals surface area contributed by atoms with Crippen molar-refractivity contribution in [2.24, 2.45) is 0 Å². The summed E-state index contributed by atoms with van der Waals surface area (Å²) in [5, 5.41) is 25.0. The summed E-state index contributed by atoms with van der Waals surface area (Å²) in [6.07, 6.45) is 0. The second-order valence-corrected chi connectivity index (χ2v) is 9.07. The fraction of sp³-hybridized carbons (Fsp3) is 0.0741. The number of aromatic nitrogens is 3. The number of hydrogen-bond acceptors (Lipinski definition) is 6. The molecular weight excluding hydrogens is 493 g/mol. The first-order valence-electron chi connectivity index (χ1n) is 11.3. The van der Waals surface area contributed by atoms with E-state index in [4.69, 9.17) is 0 Å². The van der Waals surface area contributed by atoms with Gasteiger partial charge in [0.2, 0.25) is 0 Å². The van der Waals surface area contributed by atoms with E-state index < -0.39 is 4.92 Å². The average Bonchev–Trinajstić information content (AvgIpc) is 3.33. The van der Waals surface area contributed by atoms with Gasteiger partial charge in [0.25, 0.3) is 11.6 Å². The van der Waals surface area contributed by atoms with Crippen LogP contribution in [0.15, 0.2) is 96.2 Å². The summed E-state index contributed by atoms with van der Waals surface area (Å²) in [7, 11) is 0. The highest BCUT2D eigenvalue weighted by atomic mass is 32.2. The lowest BCUT2D eigenvalue weighted by atomic mass is 10.0. The standard InChI is InChI=1S/C27H20FN5O3S/c28-20-10-8-18(9-11-20)17-37-27-31-30-25(32(27)21-12-14-22(15-13-21)33(35)36)16-29-26(34)24-7-3-5-19-4-1-2-6-23(19)24/h1-15H,16-17H2,(H,29,34). The van der Waals surface area contributed by atoms with E-state index in [0.29, 0.717) is 28.0 Å². The van der Waals surface area contributed by atoms with E-state index in [1.165, 1.54) is 36.0 Å². The van der Waals surface area contributed by atoms with Crippen molar-refractivity contribution < 1.29 is 14.1 Å². The molecule has 0 atom stereocenters. The van der Waals surface area contributed by atoms with Crippen molar-refractivity contribution in [2.45, 2.75) is 17.5 Å². The van der Waals surface area contributed by atoms with E-state index in [0.717, 1.165) is 16.3 Å². The molecule has 0 radical (unpaired) electrons. The minimum absolute atomic E-state index is 0.0388. The van der Waals surface area contributed by atoms with E-state index in [-0.39, 0.29) is 24.0 Å². The van der Waals surface area contributed by atoms with Crippen molar-refractivity contribution in [3.8, 4) is 5.69 Å². The number of nitrogens with zero attached hydrogens (tertiary/aromatic N) is 4. The Labute approximate surface area is 215 Å². The van der Waals surface area contributed by atoms with Crippen molar-refractivity contribution >= 4 is 34.1 Å². The zero-order valence-electron chi connectivity index (χ0n) is 19.4. The second kappa shape index (κ2) is 10.6. The second-order valence-electron chi connectivity index (χ2n) is 8.13. The molecule has 1 aromatic heterocycles. The quantitative estimate of drug-likeness (QED) is 0.162. The van der Waals surface area contributed by atoms with Crippen LogP contribution < -0.4 is 5.32 Å². The van der Waals surface area contributed by atoms with Gasteiger partial charge < -0.3 is 5.32 Å². The maximum absolute atomic E-state index is 13.3. The molecule has 0 aliphatic rings. The number of benzene rings is 4. The number of amides is 1. The Kier molecular flexibility index (Phi) is 6.91. The van der Waals surface area contributed by atoms with Crippen molar-refractivity contribution in [2.75, 3.05) is 0 Å². The van der Waals surface area contributed by atoms with Gasteiger partial charge in [0.05, 0.1) is 11.5 Å². The van der Waals surface area contributed by atoms with E-state index in [1.54, 1.807) is 34.9 Å². The fourth-order valence-electron chi connectivity index (χ4n) is 3.90. The van der Waals surface area contributed by atoms with Gasteiger partial charge in [-0.1, -0.05) is 60.3 Å². The molecule has 5 aromatic rings. The zero-order valence-corrected chi connectivity index (χ0v) is 20.2. The molecule has 0 aliphatic heterocycles. The smallest absolute Gasteiger partial charge is 0.269 e. The highest BCUT2D eigenvalue weighted by molar-refractivity contribution is 7.98. The number of nitro benzene ring substituents is 1. The number of nitrogens with one attached hydrogen (secondary N) is 1. The van der Waals surface area contributed by atoms with Crippen LogP contribution in [0.4, 0.5) is 10.1 Å². The molecule has 10 heteroatoms. The summed E-state index contributed by atoms with van der Waals surface area (Å²) < 4.78 is 15.0. The van der Waals surface area contributed by atoms with Crippen molar-refractivity contribution in [3.63, 3.8) is 0 Å². The maximum atomic E-state index is 13.3. The van der Waals surface area contributed by atoms with Crippen LogP contribution in [-0.4, -0.2) is 25.6 Å². The van der Waals surface area contributed by atoms with Gasteiger partial charge in [-0.15, -0.1) is 10.2 Å². The molecule has 0 saturated heterocycles. The number of fused-ring (bicyclic) bond motifs is 1. The van der Waals surface area contributed by atoms with Gasteiger partial charge in [-0.2, -0.15) is 0 Å². The van der Waals surface area contributed by atoms with E-state index in [1.807, 2.05) is 36.4 Å². The summed E-state index contributed by atoms with van der Waals surface area (Å²) in [6, 6.07) is 25.4. The third kappa shape index (κ3) is 5.34. The molecule has 37 heavy (non-hydrogen) atoms. The average molecular weight is 514 g/mol. The summed E-state index contributed by atoms with van der Waals surface area (Å²) in [5.74, 6) is 0.403. The summed E-state index contributed by atoms with van der Waals surface area (Å²) >= 11 is 1.39. The Bertz CT molecular complexity index is 1580. The Hall–Kier alpha value is -4.57. The summed E-state index contributed by atoms with van der Waals surface area (Å²) in [4.78, 5) is 23.7. The molecular formula is C27H20FN5O3S. The van der Waals surface area contributed by atoms with Crippen LogP contribution in [-0.2, 0) is 12.3 Å². The number of non-ortho nitro benzene ring substituents is 1. The molecule has 1 amide bonds. The number of carbonyl (C=O) groups is 1. The summed E-state index contributed by atoms with van der Waals surface area (Å²) in [6.45, 7) is 0.0865. The van der Waals surface area contributed by atoms with E-state index in [2.05, 4.69) is 15.5 Å². The maximum Gasteiger partial charge on any atom is 0.269 e. The van der Waals surface area contributed by atoms with Gasteiger partial charge in [-0.05, 0) is 46.7 Å². The Balaban J connectivity index is 1.42. The predicted molar refractivity (Wildman–Crippen MR) is 139 cm³/mol. The van der Waals surface area contributed by atoms with Gasteiger partial charge in [-0.25, -0.2) is 4.39 Å². The minimum Gasteiger partial charge on any atom is -0.345 e. The molecule has 8 nitrogen and oxygen atoms in total. The van der Waals surface area contributed by atoms with Crippen LogP contribution in [0.5, 0.6) is 0 Å². The molecule has 5 rings (SSSR count). The number of nitro groups is 1. The lowest BCUT2D eigenvalue weighted by molar-refractivity contribution is -0.384. The third-order valence-corrected chi connectivity index (χ3v) is 6.74. The molecule has 1 heterocycles. The Morgan fingerprint density at radius 2 is 1.68 bits per heavy atom. The minimum atomic E-state index is -0.467. The monoisotopic (exact) mass is 513 g/mol. The lowest BCUT2D eigenvalue weighted by Gasteiger charge is -2.12. The van der Waals surface area contributed by atoms with E-state index >= 15 is 0 Å². The number of halogens is 1. The predicted octanol–water partition coefficient (Wildman–Crippen LogP) is 5.69. The van der Waals surface area contributed by atoms with Crippen LogP contribution >= 0.6 is 11.8 Å². The summed E-state index contributed by atoms with van der Waals surface area (Å²) in [5.41, 5.74) is 2.02. The number of carbonyl (C=O) groups excluding carboxylic acids is 1. The van der Waals surface area contributed by atoms with E-state index in [9.17, 15) is 19.3 Å². The van der Waals surface area contributed by atoms with Gasteiger partial charge in [0.15, 0.2) is 11.0 Å². The lowest BCUT2D eigenvalue weighted by Crippen LogP contribution is -2.25. The van der Waals surface area contributed by atoms with Gasteiger partial charge >= 0.3 is 0 Å². The highest BCUT2D eigenvalue weighted by Crippen LogP contribution is 2.27. The molecule has 0 spiro atoms. The number of hydrogen-bond donors (Lipinski definition) is 1. The molecule has 0 fully saturated rings. The normalized spacial score (nSPS) is 10.9. The van der Waals surface area contributed by atoms with Crippen LogP contribution in [0.25, 0.3) is 16.5 Å². The van der Waals surface area contributed by atoms with Crippen molar-refractivity contribution in [1.29, 1.82) is 0 Å². The molecule has 0 saturated carbocycles. The number of thioether (sulfide) groups is 1. The first-order chi connectivity index (χ1) is 18.0. The zero-order chi connectivity index (χ0) is 25.8. The SMILES string of the molecule is O=C(NCc1nnc(SCc2ccc(F)cc2)n1-c1ccc([N+](=O)[O-])cc1)c1cccc2ccccc12. The van der Waals surface area contributed by atoms with Crippen molar-refractivity contribution in [3.05, 3.63) is 124 Å². The highest BCUT2D eigenvalue weighted by Gasteiger charge is 2.18. The number of rotatable bonds is 8. The van der Waals surface area contributed by atoms with Crippen LogP contribution in [0.2, 0.25) is 0 Å². The molecule has 1 N–H and O–H groups in total. The van der Waals surface area contributed by atoms with Crippen LogP contribution in [0.3, 0.4) is 0 Å². The molecule has 4 aromatic carbocycles. The van der Waals surface area contributed by atoms with Gasteiger partial charge in [0, 0.05) is 29.1 Å². The van der Waals surface area contributed by atoms with Crippen LogP contribution in [0.1, 0.15) is 21.7 Å².